The van der Waals surface area contributed by atoms with Gasteiger partial charge in [-0.05, 0) is 30.7 Å². The predicted octanol–water partition coefficient (Wildman–Crippen LogP) is 3.37. The van der Waals surface area contributed by atoms with E-state index < -0.39 is 0 Å². The second-order valence-electron chi connectivity index (χ2n) is 3.35. The summed E-state index contributed by atoms with van der Waals surface area (Å²) >= 11 is 5.92. The summed E-state index contributed by atoms with van der Waals surface area (Å²) in [5, 5.41) is 8.09. The molecule has 1 aromatic rings. The van der Waals surface area contributed by atoms with E-state index >= 15 is 0 Å². The minimum Gasteiger partial charge on any atom is -0.271 e. The Balaban J connectivity index is 2.35. The normalized spacial score (nSPS) is 15.3. The Bertz CT molecular complexity index is 477. The molecule has 1 aliphatic rings. The average molecular weight is 221 g/mol. The monoisotopic (exact) mass is 220 g/mol. The van der Waals surface area contributed by atoms with E-state index in [9.17, 15) is 4.79 Å². The molecule has 0 N–H and O–H groups in total. The molecule has 0 atom stereocenters. The highest BCUT2D eigenvalue weighted by molar-refractivity contribution is 6.31. The quantitative estimate of drug-likeness (QED) is 0.716. The molecular weight excluding hydrogens is 212 g/mol. The number of azo groups is 1. The van der Waals surface area contributed by atoms with Crippen LogP contribution in [-0.2, 0) is 4.79 Å². The zero-order valence-electron chi connectivity index (χ0n) is 8.20. The summed E-state index contributed by atoms with van der Waals surface area (Å²) in [5.41, 5.74) is 2.66. The highest BCUT2D eigenvalue weighted by atomic mass is 35.5. The maximum Gasteiger partial charge on any atom is 0.268 e. The highest BCUT2D eigenvalue weighted by Gasteiger charge is 2.09. The van der Waals surface area contributed by atoms with Crippen LogP contribution in [0.5, 0.6) is 0 Å². The summed E-state index contributed by atoms with van der Waals surface area (Å²) in [6, 6.07) is 5.62. The van der Waals surface area contributed by atoms with E-state index in [0.29, 0.717) is 6.42 Å². The second-order valence-corrected chi connectivity index (χ2v) is 3.76. The Morgan fingerprint density at radius 1 is 1.33 bits per heavy atom. The SMILES string of the molecule is Cc1cc(C2=CCC(=O)N=N2)ccc1Cl. The number of hydrogen-bond donors (Lipinski definition) is 0. The van der Waals surface area contributed by atoms with E-state index in [1.54, 1.807) is 6.08 Å². The fourth-order valence-electron chi connectivity index (χ4n) is 1.35. The molecule has 1 heterocycles. The number of amides is 1. The first-order valence-corrected chi connectivity index (χ1v) is 4.96. The van der Waals surface area contributed by atoms with Gasteiger partial charge in [-0.15, -0.1) is 10.2 Å². The summed E-state index contributed by atoms with van der Waals surface area (Å²) in [4.78, 5) is 10.8. The van der Waals surface area contributed by atoms with Crippen molar-refractivity contribution in [2.24, 2.45) is 10.2 Å². The van der Waals surface area contributed by atoms with Gasteiger partial charge in [0.05, 0.1) is 12.1 Å². The number of carbonyl (C=O) groups is 1. The fourth-order valence-corrected chi connectivity index (χ4v) is 1.47. The molecule has 3 nitrogen and oxygen atoms in total. The van der Waals surface area contributed by atoms with Gasteiger partial charge in [-0.25, -0.2) is 0 Å². The van der Waals surface area contributed by atoms with Gasteiger partial charge in [0.15, 0.2) is 0 Å². The van der Waals surface area contributed by atoms with E-state index in [2.05, 4.69) is 10.2 Å². The van der Waals surface area contributed by atoms with Gasteiger partial charge in [0.25, 0.3) is 5.91 Å². The lowest BCUT2D eigenvalue weighted by Gasteiger charge is -2.06. The minimum absolute atomic E-state index is 0.204. The molecule has 0 saturated carbocycles. The van der Waals surface area contributed by atoms with Crippen LogP contribution in [-0.4, -0.2) is 5.91 Å². The largest absolute Gasteiger partial charge is 0.271 e. The van der Waals surface area contributed by atoms with Crippen LogP contribution in [0.2, 0.25) is 5.02 Å². The van der Waals surface area contributed by atoms with E-state index in [1.165, 1.54) is 0 Å². The van der Waals surface area contributed by atoms with Crippen LogP contribution in [0, 0.1) is 6.92 Å². The van der Waals surface area contributed by atoms with Crippen molar-refractivity contribution in [3.05, 3.63) is 40.4 Å². The van der Waals surface area contributed by atoms with Crippen LogP contribution in [0.3, 0.4) is 0 Å². The van der Waals surface area contributed by atoms with Crippen LogP contribution in [0.15, 0.2) is 34.5 Å². The van der Waals surface area contributed by atoms with E-state index in [4.69, 9.17) is 11.6 Å². The molecule has 76 valence electrons. The molecule has 0 saturated heterocycles. The fraction of sp³-hybridized carbons (Fsp3) is 0.182. The highest BCUT2D eigenvalue weighted by Crippen LogP contribution is 2.24. The molecule has 15 heavy (non-hydrogen) atoms. The molecule has 0 spiro atoms. The smallest absolute Gasteiger partial charge is 0.268 e. The number of aryl methyl sites for hydroxylation is 1. The summed E-state index contributed by atoms with van der Waals surface area (Å²) in [6.45, 7) is 1.93. The molecule has 0 unspecified atom stereocenters. The molecule has 2 rings (SSSR count). The first-order valence-electron chi connectivity index (χ1n) is 4.58. The first kappa shape index (κ1) is 10.1. The maximum atomic E-state index is 10.8. The van der Waals surface area contributed by atoms with Gasteiger partial charge in [0, 0.05) is 10.6 Å². The van der Waals surface area contributed by atoms with Gasteiger partial charge in [-0.1, -0.05) is 17.7 Å². The van der Waals surface area contributed by atoms with E-state index in [-0.39, 0.29) is 5.91 Å². The van der Waals surface area contributed by atoms with Gasteiger partial charge in [0.2, 0.25) is 0 Å². The van der Waals surface area contributed by atoms with Gasteiger partial charge in [-0.2, -0.15) is 0 Å². The number of benzene rings is 1. The molecule has 1 amide bonds. The van der Waals surface area contributed by atoms with Crippen molar-refractivity contribution in [2.45, 2.75) is 13.3 Å². The average Bonchev–Trinajstić information content (AvgIpc) is 2.23. The van der Waals surface area contributed by atoms with Crippen molar-refractivity contribution < 1.29 is 4.79 Å². The number of carbonyl (C=O) groups excluding carboxylic acids is 1. The topological polar surface area (TPSA) is 41.8 Å². The standard InChI is InChI=1S/C11H9ClN2O/c1-7-6-8(2-3-9(7)12)10-4-5-11(15)14-13-10/h2-4,6H,5H2,1H3. The van der Waals surface area contributed by atoms with Crippen LogP contribution in [0.4, 0.5) is 0 Å². The lowest BCUT2D eigenvalue weighted by Crippen LogP contribution is -1.95. The van der Waals surface area contributed by atoms with Crippen molar-refractivity contribution >= 4 is 23.2 Å². The molecular formula is C11H9ClN2O. The third-order valence-electron chi connectivity index (χ3n) is 2.19. The van der Waals surface area contributed by atoms with E-state index in [0.717, 1.165) is 21.8 Å². The zero-order valence-corrected chi connectivity index (χ0v) is 8.95. The zero-order chi connectivity index (χ0) is 10.8. The minimum atomic E-state index is -0.204. The van der Waals surface area contributed by atoms with Gasteiger partial charge >= 0.3 is 0 Å². The molecule has 0 bridgehead atoms. The van der Waals surface area contributed by atoms with Crippen molar-refractivity contribution in [1.29, 1.82) is 0 Å². The van der Waals surface area contributed by atoms with Crippen molar-refractivity contribution in [3.8, 4) is 0 Å². The molecule has 0 radical (unpaired) electrons. The summed E-state index contributed by atoms with van der Waals surface area (Å²) in [5.74, 6) is -0.204. The molecule has 4 heteroatoms. The van der Waals surface area contributed by atoms with Crippen LogP contribution < -0.4 is 0 Å². The molecule has 0 aliphatic carbocycles. The maximum absolute atomic E-state index is 10.8. The number of nitrogens with zero attached hydrogens (tertiary/aromatic N) is 2. The number of rotatable bonds is 1. The Hall–Kier alpha value is -1.48. The lowest BCUT2D eigenvalue weighted by molar-refractivity contribution is -0.117. The molecule has 1 aromatic carbocycles. The lowest BCUT2D eigenvalue weighted by atomic mass is 10.1. The second kappa shape index (κ2) is 3.95. The van der Waals surface area contributed by atoms with Crippen LogP contribution in [0.1, 0.15) is 17.5 Å². The third-order valence-corrected chi connectivity index (χ3v) is 2.62. The number of hydrogen-bond acceptors (Lipinski definition) is 2. The van der Waals surface area contributed by atoms with Crippen LogP contribution in [0.25, 0.3) is 5.70 Å². The first-order chi connectivity index (χ1) is 7.16. The summed E-state index contributed by atoms with van der Waals surface area (Å²) in [6.07, 6.45) is 2.10. The van der Waals surface area contributed by atoms with Crippen molar-refractivity contribution in [2.75, 3.05) is 0 Å². The van der Waals surface area contributed by atoms with Crippen molar-refractivity contribution in [3.63, 3.8) is 0 Å². The Morgan fingerprint density at radius 2 is 2.13 bits per heavy atom. The Morgan fingerprint density at radius 3 is 2.73 bits per heavy atom. The van der Waals surface area contributed by atoms with Gasteiger partial charge in [-0.3, -0.25) is 4.79 Å². The van der Waals surface area contributed by atoms with Crippen molar-refractivity contribution in [1.82, 2.24) is 0 Å². The molecule has 0 aromatic heterocycles. The number of halogens is 1. The molecule has 0 fully saturated rings. The Kier molecular flexibility index (Phi) is 2.64. The summed E-state index contributed by atoms with van der Waals surface area (Å²) < 4.78 is 0. The molecule has 1 aliphatic heterocycles. The van der Waals surface area contributed by atoms with Gasteiger partial charge in [0.1, 0.15) is 0 Å². The van der Waals surface area contributed by atoms with Gasteiger partial charge < -0.3 is 0 Å². The van der Waals surface area contributed by atoms with E-state index in [1.807, 2.05) is 25.1 Å². The Labute approximate surface area is 92.5 Å². The summed E-state index contributed by atoms with van der Waals surface area (Å²) in [7, 11) is 0. The van der Waals surface area contributed by atoms with Crippen LogP contribution >= 0.6 is 11.6 Å². The third kappa shape index (κ3) is 2.13. The predicted molar refractivity (Wildman–Crippen MR) is 58.6 cm³/mol.